The van der Waals surface area contributed by atoms with Gasteiger partial charge in [0.25, 0.3) is 0 Å². The summed E-state index contributed by atoms with van der Waals surface area (Å²) in [5, 5.41) is 10.8. The second-order valence-corrected chi connectivity index (χ2v) is 5.75. The van der Waals surface area contributed by atoms with E-state index in [1.807, 2.05) is 13.8 Å². The van der Waals surface area contributed by atoms with Crippen molar-refractivity contribution in [2.45, 2.75) is 58.8 Å². The smallest absolute Gasteiger partial charge is 0.221 e. The number of rotatable bonds is 14. The Hall–Kier alpha value is -2.12. The summed E-state index contributed by atoms with van der Waals surface area (Å²) in [6, 6.07) is 0. The first-order valence-electron chi connectivity index (χ1n) is 9.06. The molecule has 0 aromatic rings. The molecule has 0 aliphatic carbocycles. The number of carbonyl (C=O) groups is 4. The molecule has 0 atom stereocenters. The molecule has 0 saturated heterocycles. The molecule has 0 aliphatic rings. The zero-order valence-electron chi connectivity index (χ0n) is 15.4. The fourth-order valence-corrected chi connectivity index (χ4v) is 1.92. The van der Waals surface area contributed by atoms with Gasteiger partial charge in [0.2, 0.25) is 23.6 Å². The van der Waals surface area contributed by atoms with E-state index in [4.69, 9.17) is 0 Å². The molecule has 0 heterocycles. The van der Waals surface area contributed by atoms with Crippen LogP contribution in [0.1, 0.15) is 58.8 Å². The highest BCUT2D eigenvalue weighted by atomic mass is 16.2. The Balaban J connectivity index is 3.58. The van der Waals surface area contributed by atoms with Crippen molar-refractivity contribution >= 4 is 23.6 Å². The van der Waals surface area contributed by atoms with Crippen molar-refractivity contribution in [2.24, 2.45) is 0 Å². The van der Waals surface area contributed by atoms with Crippen LogP contribution in [0.2, 0.25) is 0 Å². The summed E-state index contributed by atoms with van der Waals surface area (Å²) in [5.74, 6) is -0.501. The lowest BCUT2D eigenvalue weighted by atomic mass is 10.2. The first-order chi connectivity index (χ1) is 12.0. The normalized spacial score (nSPS) is 10.0. The van der Waals surface area contributed by atoms with Crippen LogP contribution < -0.4 is 21.3 Å². The summed E-state index contributed by atoms with van der Waals surface area (Å²) in [6.45, 7) is 5.82. The van der Waals surface area contributed by atoms with Crippen molar-refractivity contribution in [3.05, 3.63) is 0 Å². The van der Waals surface area contributed by atoms with Crippen molar-refractivity contribution in [1.82, 2.24) is 21.3 Å². The number of carbonyl (C=O) groups excluding carboxylic acids is 4. The third kappa shape index (κ3) is 15.2. The van der Waals surface area contributed by atoms with Gasteiger partial charge >= 0.3 is 0 Å². The van der Waals surface area contributed by atoms with Crippen molar-refractivity contribution in [3.63, 3.8) is 0 Å². The first-order valence-corrected chi connectivity index (χ1v) is 9.06. The van der Waals surface area contributed by atoms with Crippen molar-refractivity contribution in [3.8, 4) is 0 Å². The minimum Gasteiger partial charge on any atom is -0.356 e. The van der Waals surface area contributed by atoms with E-state index in [1.165, 1.54) is 0 Å². The van der Waals surface area contributed by atoms with Crippen LogP contribution in [0.15, 0.2) is 0 Å². The molecular formula is C17H32N4O4. The predicted molar refractivity (Wildman–Crippen MR) is 95.7 cm³/mol. The highest BCUT2D eigenvalue weighted by Crippen LogP contribution is 1.96. The molecule has 4 amide bonds. The molecule has 0 aromatic carbocycles. The summed E-state index contributed by atoms with van der Waals surface area (Å²) in [4.78, 5) is 45.9. The van der Waals surface area contributed by atoms with Gasteiger partial charge in [0.1, 0.15) is 0 Å². The van der Waals surface area contributed by atoms with Crippen molar-refractivity contribution < 1.29 is 19.2 Å². The molecule has 25 heavy (non-hydrogen) atoms. The second kappa shape index (κ2) is 15.4. The van der Waals surface area contributed by atoms with Crippen LogP contribution in [0.3, 0.4) is 0 Å². The quantitative estimate of drug-likeness (QED) is 0.356. The van der Waals surface area contributed by atoms with Crippen LogP contribution in [0.4, 0.5) is 0 Å². The molecule has 0 spiro atoms. The topological polar surface area (TPSA) is 116 Å². The van der Waals surface area contributed by atoms with Gasteiger partial charge in [-0.15, -0.1) is 0 Å². The van der Waals surface area contributed by atoms with Crippen LogP contribution in [0.25, 0.3) is 0 Å². The van der Waals surface area contributed by atoms with Gasteiger partial charge in [0.15, 0.2) is 0 Å². The maximum absolute atomic E-state index is 11.6. The predicted octanol–water partition coefficient (Wildman–Crippen LogP) is 0.222. The van der Waals surface area contributed by atoms with Crippen molar-refractivity contribution in [1.29, 1.82) is 0 Å². The molecular weight excluding hydrogens is 324 g/mol. The molecule has 0 rings (SSSR count). The van der Waals surface area contributed by atoms with Gasteiger partial charge in [0.05, 0.1) is 0 Å². The fraction of sp³-hybridized carbons (Fsp3) is 0.765. The average molecular weight is 356 g/mol. The molecule has 0 unspecified atom stereocenters. The van der Waals surface area contributed by atoms with Crippen LogP contribution in [0.5, 0.6) is 0 Å². The molecule has 4 N–H and O–H groups in total. The van der Waals surface area contributed by atoms with Gasteiger partial charge in [-0.25, -0.2) is 0 Å². The first kappa shape index (κ1) is 22.9. The number of amides is 4. The summed E-state index contributed by atoms with van der Waals surface area (Å²) < 4.78 is 0. The molecule has 0 radical (unpaired) electrons. The molecule has 0 fully saturated rings. The Morgan fingerprint density at radius 1 is 0.520 bits per heavy atom. The minimum atomic E-state index is -0.171. The number of hydrogen-bond donors (Lipinski definition) is 4. The van der Waals surface area contributed by atoms with Gasteiger partial charge < -0.3 is 21.3 Å². The minimum absolute atomic E-state index is 0.0792. The monoisotopic (exact) mass is 356 g/mol. The van der Waals surface area contributed by atoms with E-state index < -0.39 is 0 Å². The fourth-order valence-electron chi connectivity index (χ4n) is 1.92. The van der Waals surface area contributed by atoms with Gasteiger partial charge in [-0.3, -0.25) is 19.2 Å². The van der Waals surface area contributed by atoms with Gasteiger partial charge in [-0.2, -0.15) is 0 Å². The molecule has 0 saturated carbocycles. The summed E-state index contributed by atoms with van der Waals surface area (Å²) in [6.07, 6.45) is 3.18. The maximum atomic E-state index is 11.6. The Bertz CT molecular complexity index is 389. The van der Waals surface area contributed by atoms with Crippen LogP contribution in [-0.4, -0.2) is 49.8 Å². The van der Waals surface area contributed by atoms with Crippen LogP contribution in [0, 0.1) is 0 Å². The summed E-state index contributed by atoms with van der Waals surface area (Å²) >= 11 is 0. The van der Waals surface area contributed by atoms with Crippen LogP contribution >= 0.6 is 0 Å². The lowest BCUT2D eigenvalue weighted by Gasteiger charge is -2.07. The Labute approximate surface area is 149 Å². The van der Waals surface area contributed by atoms with E-state index in [0.29, 0.717) is 32.6 Å². The Morgan fingerprint density at radius 2 is 0.840 bits per heavy atom. The van der Waals surface area contributed by atoms with E-state index >= 15 is 0 Å². The number of hydrogen-bond acceptors (Lipinski definition) is 4. The molecule has 0 aromatic heterocycles. The van der Waals surface area contributed by atoms with Crippen molar-refractivity contribution in [2.75, 3.05) is 26.2 Å². The lowest BCUT2D eigenvalue weighted by Crippen LogP contribution is -2.32. The Morgan fingerprint density at radius 3 is 1.20 bits per heavy atom. The third-order valence-electron chi connectivity index (χ3n) is 3.30. The summed E-state index contributed by atoms with van der Waals surface area (Å²) in [7, 11) is 0. The summed E-state index contributed by atoms with van der Waals surface area (Å²) in [5.41, 5.74) is 0. The third-order valence-corrected chi connectivity index (χ3v) is 3.30. The molecule has 8 heteroatoms. The standard InChI is InChI=1S/C17H32N4O4/c1-3-10-18-16(24)8-12-20-14(22)6-5-7-15(23)21-13-9-17(25)19-11-4-2/h3-13H2,1-2H3,(H,18,24)(H,19,25)(H,20,22)(H,21,23). The molecule has 8 nitrogen and oxygen atoms in total. The zero-order chi connectivity index (χ0) is 18.9. The molecule has 0 aliphatic heterocycles. The highest BCUT2D eigenvalue weighted by molar-refractivity contribution is 5.81. The Kier molecular flexibility index (Phi) is 14.1. The number of nitrogens with one attached hydrogen (secondary N) is 4. The van der Waals surface area contributed by atoms with E-state index in [0.717, 1.165) is 12.8 Å². The zero-order valence-corrected chi connectivity index (χ0v) is 15.4. The van der Waals surface area contributed by atoms with E-state index in [1.54, 1.807) is 0 Å². The van der Waals surface area contributed by atoms with Gasteiger partial charge in [-0.05, 0) is 19.3 Å². The largest absolute Gasteiger partial charge is 0.356 e. The molecule has 0 bridgehead atoms. The van der Waals surface area contributed by atoms with E-state index in [-0.39, 0.29) is 49.3 Å². The van der Waals surface area contributed by atoms with E-state index in [2.05, 4.69) is 21.3 Å². The van der Waals surface area contributed by atoms with Gasteiger partial charge in [0, 0.05) is 51.9 Å². The van der Waals surface area contributed by atoms with Gasteiger partial charge in [-0.1, -0.05) is 13.8 Å². The van der Waals surface area contributed by atoms with E-state index in [9.17, 15) is 19.2 Å². The average Bonchev–Trinajstić information content (AvgIpc) is 2.58. The SMILES string of the molecule is CCCNC(=O)CCNC(=O)CCCC(=O)NCCC(=O)NCCC. The second-order valence-electron chi connectivity index (χ2n) is 5.75. The highest BCUT2D eigenvalue weighted by Gasteiger charge is 2.07. The maximum Gasteiger partial charge on any atom is 0.221 e. The molecule has 144 valence electrons. The van der Waals surface area contributed by atoms with Crippen LogP contribution in [-0.2, 0) is 19.2 Å². The lowest BCUT2D eigenvalue weighted by molar-refractivity contribution is -0.123.